The summed E-state index contributed by atoms with van der Waals surface area (Å²) < 4.78 is 7.10. The topological polar surface area (TPSA) is 41.5 Å². The summed E-state index contributed by atoms with van der Waals surface area (Å²) in [5.74, 6) is 0.630. The van der Waals surface area contributed by atoms with Gasteiger partial charge in [-0.1, -0.05) is 22.0 Å². The molecule has 0 unspecified atom stereocenters. The second-order valence-electron chi connectivity index (χ2n) is 3.98. The minimum atomic E-state index is 0.149. The molecule has 0 bridgehead atoms. The zero-order valence-electron chi connectivity index (χ0n) is 10.3. The molecule has 0 aliphatic carbocycles. The van der Waals surface area contributed by atoms with Crippen molar-refractivity contribution in [2.24, 2.45) is 0 Å². The number of phenols is 1. The van der Waals surface area contributed by atoms with Gasteiger partial charge in [0.25, 0.3) is 0 Å². The second kappa shape index (κ2) is 6.30. The molecule has 19 heavy (non-hydrogen) atoms. The fraction of sp³-hybridized carbons (Fsp3) is 0.143. The Bertz CT molecular complexity index is 588. The Kier molecular flexibility index (Phi) is 4.71. The fourth-order valence-electron chi connectivity index (χ4n) is 1.66. The van der Waals surface area contributed by atoms with Crippen molar-refractivity contribution in [3.8, 4) is 11.5 Å². The van der Waals surface area contributed by atoms with Crippen LogP contribution in [0, 0.1) is 0 Å². The number of hydrogen-bond acceptors (Lipinski definition) is 3. The lowest BCUT2D eigenvalue weighted by Gasteiger charge is -2.10. The van der Waals surface area contributed by atoms with Crippen molar-refractivity contribution in [3.63, 3.8) is 0 Å². The zero-order chi connectivity index (χ0) is 13.8. The van der Waals surface area contributed by atoms with Gasteiger partial charge in [-0.3, -0.25) is 0 Å². The molecular formula is C14H13Br2NO2. The maximum absolute atomic E-state index is 9.54. The Morgan fingerprint density at radius 1 is 1.16 bits per heavy atom. The highest BCUT2D eigenvalue weighted by Gasteiger charge is 2.04. The Morgan fingerprint density at radius 3 is 2.63 bits per heavy atom. The quantitative estimate of drug-likeness (QED) is 0.810. The Balaban J connectivity index is 2.10. The van der Waals surface area contributed by atoms with Gasteiger partial charge in [-0.05, 0) is 51.8 Å². The summed E-state index contributed by atoms with van der Waals surface area (Å²) >= 11 is 6.92. The normalized spacial score (nSPS) is 10.3. The van der Waals surface area contributed by atoms with E-state index in [0.29, 0.717) is 12.3 Å². The van der Waals surface area contributed by atoms with E-state index in [9.17, 15) is 5.11 Å². The van der Waals surface area contributed by atoms with Crippen LogP contribution in [0.25, 0.3) is 0 Å². The third kappa shape index (κ3) is 3.64. The number of methoxy groups -OCH3 is 1. The van der Waals surface area contributed by atoms with Crippen LogP contribution >= 0.6 is 31.9 Å². The lowest BCUT2D eigenvalue weighted by Crippen LogP contribution is -2.00. The number of phenolic OH excluding ortho intramolecular Hbond substituents is 1. The van der Waals surface area contributed by atoms with Gasteiger partial charge in [-0.15, -0.1) is 0 Å². The van der Waals surface area contributed by atoms with Gasteiger partial charge < -0.3 is 15.2 Å². The SMILES string of the molecule is COc1cc(CNc2ccc(Br)cc2Br)ccc1O. The highest BCUT2D eigenvalue weighted by Crippen LogP contribution is 2.29. The Morgan fingerprint density at radius 2 is 1.95 bits per heavy atom. The van der Waals surface area contributed by atoms with Crippen LogP contribution in [0.4, 0.5) is 5.69 Å². The van der Waals surface area contributed by atoms with Gasteiger partial charge in [0, 0.05) is 21.2 Å². The third-order valence-corrected chi connectivity index (χ3v) is 3.81. The van der Waals surface area contributed by atoms with E-state index >= 15 is 0 Å². The summed E-state index contributed by atoms with van der Waals surface area (Å²) in [6, 6.07) is 11.3. The molecule has 0 radical (unpaired) electrons. The Labute approximate surface area is 128 Å². The number of hydrogen-bond donors (Lipinski definition) is 2. The Hall–Kier alpha value is -1.20. The number of ether oxygens (including phenoxy) is 1. The van der Waals surface area contributed by atoms with Crippen LogP contribution in [0.1, 0.15) is 5.56 Å². The summed E-state index contributed by atoms with van der Waals surface area (Å²) in [5.41, 5.74) is 2.04. The first-order chi connectivity index (χ1) is 9.10. The molecule has 2 aromatic carbocycles. The van der Waals surface area contributed by atoms with Gasteiger partial charge in [-0.25, -0.2) is 0 Å². The molecule has 0 saturated heterocycles. The second-order valence-corrected chi connectivity index (χ2v) is 5.75. The molecule has 0 heterocycles. The van der Waals surface area contributed by atoms with E-state index in [2.05, 4.69) is 37.2 Å². The number of nitrogens with one attached hydrogen (secondary N) is 1. The first-order valence-corrected chi connectivity index (χ1v) is 7.23. The molecule has 0 aromatic heterocycles. The average Bonchev–Trinajstić information content (AvgIpc) is 2.39. The number of benzene rings is 2. The molecule has 2 N–H and O–H groups in total. The maximum atomic E-state index is 9.54. The van der Waals surface area contributed by atoms with Crippen LogP contribution in [0.3, 0.4) is 0 Å². The van der Waals surface area contributed by atoms with Crippen molar-refractivity contribution in [2.75, 3.05) is 12.4 Å². The third-order valence-electron chi connectivity index (χ3n) is 2.66. The van der Waals surface area contributed by atoms with Gasteiger partial charge in [0.1, 0.15) is 0 Å². The first-order valence-electron chi connectivity index (χ1n) is 5.65. The van der Waals surface area contributed by atoms with Crippen LogP contribution < -0.4 is 10.1 Å². The summed E-state index contributed by atoms with van der Waals surface area (Å²) in [7, 11) is 1.54. The minimum Gasteiger partial charge on any atom is -0.504 e. The summed E-state index contributed by atoms with van der Waals surface area (Å²) in [6.07, 6.45) is 0. The maximum Gasteiger partial charge on any atom is 0.160 e. The lowest BCUT2D eigenvalue weighted by atomic mass is 10.2. The van der Waals surface area contributed by atoms with Gasteiger partial charge >= 0.3 is 0 Å². The van der Waals surface area contributed by atoms with Crippen molar-refractivity contribution in [1.82, 2.24) is 0 Å². The van der Waals surface area contributed by atoms with E-state index in [1.165, 1.54) is 7.11 Å². The first kappa shape index (κ1) is 14.2. The minimum absolute atomic E-state index is 0.149. The smallest absolute Gasteiger partial charge is 0.160 e. The number of rotatable bonds is 4. The molecule has 0 spiro atoms. The molecule has 0 fully saturated rings. The van der Waals surface area contributed by atoms with Gasteiger partial charge in [0.05, 0.1) is 7.11 Å². The molecule has 100 valence electrons. The van der Waals surface area contributed by atoms with Gasteiger partial charge in [0.15, 0.2) is 11.5 Å². The number of anilines is 1. The van der Waals surface area contributed by atoms with E-state index in [1.54, 1.807) is 6.07 Å². The van der Waals surface area contributed by atoms with Crippen molar-refractivity contribution in [3.05, 3.63) is 50.9 Å². The van der Waals surface area contributed by atoms with Gasteiger partial charge in [-0.2, -0.15) is 0 Å². The molecule has 0 atom stereocenters. The van der Waals surface area contributed by atoms with Crippen LogP contribution in [0.5, 0.6) is 11.5 Å². The standard InChI is InChI=1S/C14H13Br2NO2/c1-19-14-6-9(2-5-13(14)18)8-17-12-4-3-10(15)7-11(12)16/h2-7,17-18H,8H2,1H3. The van der Waals surface area contributed by atoms with E-state index in [-0.39, 0.29) is 5.75 Å². The summed E-state index contributed by atoms with van der Waals surface area (Å²) in [4.78, 5) is 0. The predicted octanol–water partition coefficient (Wildman–Crippen LogP) is 4.54. The summed E-state index contributed by atoms with van der Waals surface area (Å²) in [5, 5.41) is 12.9. The highest BCUT2D eigenvalue weighted by atomic mass is 79.9. The van der Waals surface area contributed by atoms with Crippen molar-refractivity contribution in [1.29, 1.82) is 0 Å². The summed E-state index contributed by atoms with van der Waals surface area (Å²) in [6.45, 7) is 0.650. The molecule has 0 saturated carbocycles. The molecule has 0 aliphatic rings. The lowest BCUT2D eigenvalue weighted by molar-refractivity contribution is 0.373. The molecule has 2 rings (SSSR count). The fourth-order valence-corrected chi connectivity index (χ4v) is 2.85. The van der Waals surface area contributed by atoms with E-state index < -0.39 is 0 Å². The molecule has 0 aliphatic heterocycles. The largest absolute Gasteiger partial charge is 0.504 e. The molecule has 5 heteroatoms. The van der Waals surface area contributed by atoms with Crippen LogP contribution in [-0.2, 0) is 6.54 Å². The van der Waals surface area contributed by atoms with Crippen LogP contribution in [0.2, 0.25) is 0 Å². The molecule has 0 amide bonds. The van der Waals surface area contributed by atoms with Gasteiger partial charge in [0.2, 0.25) is 0 Å². The van der Waals surface area contributed by atoms with E-state index in [1.807, 2.05) is 30.3 Å². The molecular weight excluding hydrogens is 374 g/mol. The number of halogens is 2. The van der Waals surface area contributed by atoms with E-state index in [0.717, 1.165) is 20.2 Å². The van der Waals surface area contributed by atoms with E-state index in [4.69, 9.17) is 4.74 Å². The zero-order valence-corrected chi connectivity index (χ0v) is 13.5. The number of aromatic hydroxyl groups is 1. The highest BCUT2D eigenvalue weighted by molar-refractivity contribution is 9.11. The van der Waals surface area contributed by atoms with Crippen molar-refractivity contribution >= 4 is 37.5 Å². The predicted molar refractivity (Wildman–Crippen MR) is 83.8 cm³/mol. The monoisotopic (exact) mass is 385 g/mol. The van der Waals surface area contributed by atoms with Crippen molar-refractivity contribution < 1.29 is 9.84 Å². The molecule has 3 nitrogen and oxygen atoms in total. The van der Waals surface area contributed by atoms with Crippen LogP contribution in [-0.4, -0.2) is 12.2 Å². The average molecular weight is 387 g/mol. The van der Waals surface area contributed by atoms with Crippen LogP contribution in [0.15, 0.2) is 45.3 Å². The molecule has 2 aromatic rings. The van der Waals surface area contributed by atoms with Crippen molar-refractivity contribution in [2.45, 2.75) is 6.54 Å².